The molecule has 2 aromatic heterocycles. The number of carbonyl (C=O) groups is 1. The Balaban J connectivity index is 1.51. The van der Waals surface area contributed by atoms with Gasteiger partial charge in [-0.1, -0.05) is 30.3 Å². The molecule has 0 N–H and O–H groups in total. The summed E-state index contributed by atoms with van der Waals surface area (Å²) in [5.41, 5.74) is 3.13. The van der Waals surface area contributed by atoms with E-state index in [1.807, 2.05) is 0 Å². The molecule has 9 heteroatoms. The van der Waals surface area contributed by atoms with Crippen molar-refractivity contribution in [3.63, 3.8) is 0 Å². The van der Waals surface area contributed by atoms with Crippen LogP contribution < -0.4 is 4.90 Å². The molecule has 0 atom stereocenters. The molecule has 5 rings (SSSR count). The number of amides is 1. The van der Waals surface area contributed by atoms with Crippen molar-refractivity contribution in [3.8, 4) is 22.7 Å². The topological polar surface area (TPSA) is 72.1 Å². The Kier molecular flexibility index (Phi) is 4.50. The highest BCUT2D eigenvalue weighted by atomic mass is 19.3. The Morgan fingerprint density at radius 1 is 0.968 bits per heavy atom. The van der Waals surface area contributed by atoms with Crippen molar-refractivity contribution < 1.29 is 22.4 Å². The summed E-state index contributed by atoms with van der Waals surface area (Å²) in [5.74, 6) is -1.77. The molecule has 0 bridgehead atoms. The lowest BCUT2D eigenvalue weighted by molar-refractivity contribution is 0.0996. The van der Waals surface area contributed by atoms with Crippen LogP contribution in [0.15, 0.2) is 65.1 Å². The fourth-order valence-electron chi connectivity index (χ4n) is 3.55. The second-order valence-electron chi connectivity index (χ2n) is 6.87. The number of alkyl halides is 2. The van der Waals surface area contributed by atoms with Gasteiger partial charge in [0.25, 0.3) is 11.8 Å². The summed E-state index contributed by atoms with van der Waals surface area (Å²) in [6, 6.07) is 16.5. The minimum atomic E-state index is -2.87. The van der Waals surface area contributed by atoms with E-state index in [4.69, 9.17) is 4.42 Å². The number of halogens is 3. The molecular formula is C22H13F3N4O2. The average Bonchev–Trinajstić information content (AvgIpc) is 3.39. The molecule has 2 aromatic carbocycles. The number of hydrogen-bond acceptors (Lipinski definition) is 5. The fraction of sp³-hybridized carbons (Fsp3) is 0.0909. The van der Waals surface area contributed by atoms with E-state index < -0.39 is 18.3 Å². The van der Waals surface area contributed by atoms with Crippen LogP contribution in [0.5, 0.6) is 0 Å². The maximum Gasteiger partial charge on any atom is 0.314 e. The minimum Gasteiger partial charge on any atom is -0.415 e. The maximum absolute atomic E-state index is 13.7. The fourth-order valence-corrected chi connectivity index (χ4v) is 3.55. The molecule has 0 saturated carbocycles. The molecule has 6 nitrogen and oxygen atoms in total. The molecule has 31 heavy (non-hydrogen) atoms. The van der Waals surface area contributed by atoms with Gasteiger partial charge in [-0.2, -0.15) is 13.2 Å². The number of carbonyl (C=O) groups excluding carboxylic acids is 1. The van der Waals surface area contributed by atoms with Gasteiger partial charge in [0.2, 0.25) is 11.8 Å². The molecule has 3 heterocycles. The Morgan fingerprint density at radius 2 is 1.81 bits per heavy atom. The third-order valence-electron chi connectivity index (χ3n) is 4.97. The quantitative estimate of drug-likeness (QED) is 0.431. The minimum absolute atomic E-state index is 0.0892. The zero-order chi connectivity index (χ0) is 21.5. The normalized spacial score (nSPS) is 13.2. The number of para-hydroxylation sites is 1. The monoisotopic (exact) mass is 422 g/mol. The van der Waals surface area contributed by atoms with Crippen molar-refractivity contribution in [1.82, 2.24) is 15.2 Å². The summed E-state index contributed by atoms with van der Waals surface area (Å²) >= 11 is 0. The van der Waals surface area contributed by atoms with Gasteiger partial charge in [-0.25, -0.2) is 4.98 Å². The highest BCUT2D eigenvalue weighted by Crippen LogP contribution is 2.36. The molecule has 0 unspecified atom stereocenters. The average molecular weight is 422 g/mol. The summed E-state index contributed by atoms with van der Waals surface area (Å²) in [4.78, 5) is 18.7. The van der Waals surface area contributed by atoms with E-state index >= 15 is 0 Å². The Labute approximate surface area is 174 Å². The van der Waals surface area contributed by atoms with E-state index in [2.05, 4.69) is 15.2 Å². The number of fused-ring (bicyclic) bond motifs is 1. The van der Waals surface area contributed by atoms with Crippen molar-refractivity contribution in [2.75, 3.05) is 4.90 Å². The molecule has 0 fully saturated rings. The molecule has 154 valence electrons. The second kappa shape index (κ2) is 7.35. The van der Waals surface area contributed by atoms with Gasteiger partial charge in [0.1, 0.15) is 0 Å². The number of benzene rings is 2. The van der Waals surface area contributed by atoms with Crippen LogP contribution in [0.1, 0.15) is 28.2 Å². The Bertz CT molecular complexity index is 1310. The number of pyridine rings is 1. The molecule has 1 aliphatic rings. The zero-order valence-corrected chi connectivity index (χ0v) is 15.8. The first-order chi connectivity index (χ1) is 15.0. The van der Waals surface area contributed by atoms with E-state index in [1.54, 1.807) is 59.5 Å². The van der Waals surface area contributed by atoms with Gasteiger partial charge in [0.15, 0.2) is 0 Å². The molecule has 0 aliphatic carbocycles. The predicted molar refractivity (Wildman–Crippen MR) is 105 cm³/mol. The highest BCUT2D eigenvalue weighted by molar-refractivity contribution is 6.12. The first kappa shape index (κ1) is 19.0. The molecule has 0 radical (unpaired) electrons. The van der Waals surface area contributed by atoms with Gasteiger partial charge in [-0.15, -0.1) is 10.2 Å². The van der Waals surface area contributed by atoms with Gasteiger partial charge in [0.05, 0.1) is 17.9 Å². The second-order valence-corrected chi connectivity index (χ2v) is 6.87. The standard InChI is InChI=1S/C22H13F3N4O2/c23-18-7-3-5-16(26-18)14-4-1-2-6-17(14)29-11-13-9-8-12(10-15(13)22(29)30)20-27-28-21(31-20)19(24)25/h1-10,19H,11H2. The number of rotatable bonds is 4. The van der Waals surface area contributed by atoms with Gasteiger partial charge in [-0.3, -0.25) is 4.79 Å². The van der Waals surface area contributed by atoms with Crippen molar-refractivity contribution in [1.29, 1.82) is 0 Å². The van der Waals surface area contributed by atoms with Crippen LogP contribution in [0.25, 0.3) is 22.7 Å². The SMILES string of the molecule is O=C1c2cc(-c3nnc(C(F)F)o3)ccc2CN1c1ccccc1-c1cccc(F)n1. The summed E-state index contributed by atoms with van der Waals surface area (Å²) in [6.07, 6.45) is -2.87. The van der Waals surface area contributed by atoms with Gasteiger partial charge >= 0.3 is 6.43 Å². The lowest BCUT2D eigenvalue weighted by Gasteiger charge is -2.19. The molecule has 4 aromatic rings. The smallest absolute Gasteiger partial charge is 0.314 e. The first-order valence-electron chi connectivity index (χ1n) is 9.30. The lowest BCUT2D eigenvalue weighted by atomic mass is 10.1. The van der Waals surface area contributed by atoms with Crippen molar-refractivity contribution >= 4 is 11.6 Å². The molecule has 0 spiro atoms. The van der Waals surface area contributed by atoms with E-state index in [-0.39, 0.29) is 11.8 Å². The summed E-state index contributed by atoms with van der Waals surface area (Å²) in [5, 5.41) is 6.95. The third kappa shape index (κ3) is 3.33. The van der Waals surface area contributed by atoms with Crippen LogP contribution >= 0.6 is 0 Å². The van der Waals surface area contributed by atoms with E-state index in [1.165, 1.54) is 6.07 Å². The first-order valence-corrected chi connectivity index (χ1v) is 9.30. The summed E-state index contributed by atoms with van der Waals surface area (Å²) in [7, 11) is 0. The number of aromatic nitrogens is 3. The Morgan fingerprint density at radius 3 is 2.58 bits per heavy atom. The summed E-state index contributed by atoms with van der Waals surface area (Å²) < 4.78 is 44.1. The van der Waals surface area contributed by atoms with Crippen LogP contribution in [0, 0.1) is 5.95 Å². The zero-order valence-electron chi connectivity index (χ0n) is 15.8. The van der Waals surface area contributed by atoms with E-state index in [0.717, 1.165) is 5.56 Å². The third-order valence-corrected chi connectivity index (χ3v) is 4.97. The van der Waals surface area contributed by atoms with Crippen LogP contribution in [0.3, 0.4) is 0 Å². The van der Waals surface area contributed by atoms with Crippen molar-refractivity contribution in [2.45, 2.75) is 13.0 Å². The molecular weight excluding hydrogens is 409 g/mol. The molecule has 0 saturated heterocycles. The van der Waals surface area contributed by atoms with Crippen LogP contribution in [0.4, 0.5) is 18.9 Å². The maximum atomic E-state index is 13.7. The Hall–Kier alpha value is -4.01. The van der Waals surface area contributed by atoms with Crippen LogP contribution in [-0.2, 0) is 6.54 Å². The van der Waals surface area contributed by atoms with Gasteiger partial charge in [-0.05, 0) is 35.9 Å². The largest absolute Gasteiger partial charge is 0.415 e. The summed E-state index contributed by atoms with van der Waals surface area (Å²) in [6.45, 7) is 0.299. The number of hydrogen-bond donors (Lipinski definition) is 0. The van der Waals surface area contributed by atoms with Gasteiger partial charge in [0, 0.05) is 16.7 Å². The van der Waals surface area contributed by atoms with Gasteiger partial charge < -0.3 is 9.32 Å². The van der Waals surface area contributed by atoms with Crippen molar-refractivity contribution in [2.24, 2.45) is 0 Å². The number of anilines is 1. The van der Waals surface area contributed by atoms with E-state index in [9.17, 15) is 18.0 Å². The lowest BCUT2D eigenvalue weighted by Crippen LogP contribution is -2.23. The van der Waals surface area contributed by atoms with Crippen molar-refractivity contribution in [3.05, 3.63) is 83.6 Å². The molecule has 1 aliphatic heterocycles. The molecule has 1 amide bonds. The van der Waals surface area contributed by atoms with Crippen LogP contribution in [0.2, 0.25) is 0 Å². The predicted octanol–water partition coefficient (Wildman–Crippen LogP) is 5.04. The van der Waals surface area contributed by atoms with Crippen LogP contribution in [-0.4, -0.2) is 21.1 Å². The highest BCUT2D eigenvalue weighted by Gasteiger charge is 2.31. The number of nitrogens with zero attached hydrogens (tertiary/aromatic N) is 4. The van der Waals surface area contributed by atoms with E-state index in [0.29, 0.717) is 34.6 Å².